The van der Waals surface area contributed by atoms with Crippen LogP contribution < -0.4 is 0 Å². The Labute approximate surface area is 100 Å². The number of carbonyl (C=O) groups is 1. The highest BCUT2D eigenvalue weighted by Crippen LogP contribution is 2.08. The van der Waals surface area contributed by atoms with Gasteiger partial charge in [0.1, 0.15) is 0 Å². The molecule has 0 bridgehead atoms. The van der Waals surface area contributed by atoms with E-state index in [9.17, 15) is 4.79 Å². The number of allylic oxidation sites excluding steroid dienone is 1. The summed E-state index contributed by atoms with van der Waals surface area (Å²) in [5.74, 6) is -0.263. The first-order chi connectivity index (χ1) is 7.77. The molecule has 0 aliphatic carbocycles. The van der Waals surface area contributed by atoms with E-state index < -0.39 is 0 Å². The van der Waals surface area contributed by atoms with Crippen LogP contribution in [0.5, 0.6) is 0 Å². The number of ether oxygens (including phenoxy) is 1. The largest absolute Gasteiger partial charge is 0.454 e. The van der Waals surface area contributed by atoms with Crippen LogP contribution in [0.2, 0.25) is 0 Å². The zero-order chi connectivity index (χ0) is 12.1. The van der Waals surface area contributed by atoms with Gasteiger partial charge in [0.2, 0.25) is 0 Å². The topological polar surface area (TPSA) is 26.3 Å². The first kappa shape index (κ1) is 15.2. The van der Waals surface area contributed by atoms with Crippen molar-refractivity contribution in [2.75, 3.05) is 0 Å². The number of hydrogen-bond donors (Lipinski definition) is 0. The van der Waals surface area contributed by atoms with Crippen LogP contribution in [-0.2, 0) is 9.53 Å². The summed E-state index contributed by atoms with van der Waals surface area (Å²) in [6.07, 6.45) is 14.3. The highest BCUT2D eigenvalue weighted by molar-refractivity contribution is 5.66. The number of carbonyl (C=O) groups excluding carboxylic acids is 1. The van der Waals surface area contributed by atoms with Gasteiger partial charge in [-0.25, -0.2) is 0 Å². The second-order valence-corrected chi connectivity index (χ2v) is 4.08. The molecule has 0 aromatic carbocycles. The van der Waals surface area contributed by atoms with Gasteiger partial charge in [-0.3, -0.25) is 4.79 Å². The van der Waals surface area contributed by atoms with Crippen LogP contribution in [0.3, 0.4) is 0 Å². The molecule has 93 valence electrons. The normalized spacial score (nSPS) is 10.9. The van der Waals surface area contributed by atoms with Gasteiger partial charge in [0.25, 0.3) is 0 Å². The monoisotopic (exact) mass is 225 g/mol. The molecule has 2 heteroatoms. The fraction of sp³-hybridized carbons (Fsp3) is 0.714. The molecule has 0 rings (SSSR count). The molecular weight excluding hydrogens is 200 g/mol. The molecule has 0 amide bonds. The third-order valence-electron chi connectivity index (χ3n) is 2.42. The fourth-order valence-electron chi connectivity index (χ4n) is 1.51. The Morgan fingerprint density at radius 1 is 1.06 bits per heavy atom. The summed E-state index contributed by atoms with van der Waals surface area (Å²) < 4.78 is 4.66. The van der Waals surface area contributed by atoms with Crippen molar-refractivity contribution < 1.29 is 9.53 Å². The summed E-state index contributed by atoms with van der Waals surface area (Å²) in [5, 5.41) is 0. The SMILES string of the molecule is CCCCCCCCCC=C[CH]OC(C)=O. The van der Waals surface area contributed by atoms with Gasteiger partial charge in [-0.15, -0.1) is 0 Å². The molecular formula is C14H25O2. The smallest absolute Gasteiger partial charge is 0.303 e. The molecule has 0 saturated heterocycles. The molecule has 0 fully saturated rings. The van der Waals surface area contributed by atoms with Gasteiger partial charge in [0, 0.05) is 6.92 Å². The number of esters is 1. The van der Waals surface area contributed by atoms with E-state index in [1.807, 2.05) is 0 Å². The van der Waals surface area contributed by atoms with E-state index >= 15 is 0 Å². The maximum absolute atomic E-state index is 10.4. The van der Waals surface area contributed by atoms with Crippen molar-refractivity contribution in [1.82, 2.24) is 0 Å². The summed E-state index contributed by atoms with van der Waals surface area (Å²) in [6, 6.07) is 0. The fourth-order valence-corrected chi connectivity index (χ4v) is 1.51. The standard InChI is InChI=1S/C14H25O2/c1-3-4-5-6-7-8-9-10-11-12-13-16-14(2)15/h11-13H,3-10H2,1-2H3. The Bertz CT molecular complexity index is 185. The number of hydrogen-bond acceptors (Lipinski definition) is 2. The predicted molar refractivity (Wildman–Crippen MR) is 67.8 cm³/mol. The summed E-state index contributed by atoms with van der Waals surface area (Å²) in [7, 11) is 0. The molecule has 0 N–H and O–H groups in total. The number of rotatable bonds is 10. The average molecular weight is 225 g/mol. The van der Waals surface area contributed by atoms with Crippen LogP contribution in [0.25, 0.3) is 0 Å². The van der Waals surface area contributed by atoms with Crippen LogP contribution in [0, 0.1) is 6.61 Å². The van der Waals surface area contributed by atoms with Gasteiger partial charge in [0.15, 0.2) is 6.61 Å². The zero-order valence-corrected chi connectivity index (χ0v) is 10.7. The summed E-state index contributed by atoms with van der Waals surface area (Å²) in [5.41, 5.74) is 0. The lowest BCUT2D eigenvalue weighted by Crippen LogP contribution is -1.92. The van der Waals surface area contributed by atoms with Gasteiger partial charge < -0.3 is 4.74 Å². The first-order valence-corrected chi connectivity index (χ1v) is 6.43. The Morgan fingerprint density at radius 3 is 2.31 bits per heavy atom. The van der Waals surface area contributed by atoms with E-state index in [2.05, 4.69) is 17.7 Å². The zero-order valence-electron chi connectivity index (χ0n) is 10.7. The summed E-state index contributed by atoms with van der Waals surface area (Å²) in [6.45, 7) is 5.09. The third-order valence-corrected chi connectivity index (χ3v) is 2.42. The summed E-state index contributed by atoms with van der Waals surface area (Å²) >= 11 is 0. The molecule has 1 radical (unpaired) electrons. The van der Waals surface area contributed by atoms with Crippen LogP contribution in [0.4, 0.5) is 0 Å². The van der Waals surface area contributed by atoms with E-state index in [4.69, 9.17) is 0 Å². The van der Waals surface area contributed by atoms with Crippen molar-refractivity contribution in [3.63, 3.8) is 0 Å². The minimum atomic E-state index is -0.263. The molecule has 2 nitrogen and oxygen atoms in total. The molecule has 0 aromatic rings. The van der Waals surface area contributed by atoms with Crippen molar-refractivity contribution in [3.05, 3.63) is 18.8 Å². The second-order valence-electron chi connectivity index (χ2n) is 4.08. The highest BCUT2D eigenvalue weighted by Gasteiger charge is 1.90. The molecule has 0 unspecified atom stereocenters. The molecule has 16 heavy (non-hydrogen) atoms. The first-order valence-electron chi connectivity index (χ1n) is 6.43. The molecule has 0 spiro atoms. The highest BCUT2D eigenvalue weighted by atomic mass is 16.5. The molecule has 0 aliphatic heterocycles. The lowest BCUT2D eigenvalue weighted by Gasteiger charge is -1.98. The Hall–Kier alpha value is -0.790. The van der Waals surface area contributed by atoms with Crippen molar-refractivity contribution in [2.45, 2.75) is 65.2 Å². The van der Waals surface area contributed by atoms with Crippen LogP contribution in [0.15, 0.2) is 12.2 Å². The van der Waals surface area contributed by atoms with E-state index in [1.165, 1.54) is 58.5 Å². The van der Waals surface area contributed by atoms with E-state index in [-0.39, 0.29) is 5.97 Å². The van der Waals surface area contributed by atoms with Gasteiger partial charge in [0.05, 0.1) is 0 Å². The van der Waals surface area contributed by atoms with Crippen LogP contribution >= 0.6 is 0 Å². The number of unbranched alkanes of at least 4 members (excludes halogenated alkanes) is 7. The van der Waals surface area contributed by atoms with Gasteiger partial charge in [-0.1, -0.05) is 51.5 Å². The van der Waals surface area contributed by atoms with E-state index in [0.717, 1.165) is 6.42 Å². The van der Waals surface area contributed by atoms with Crippen LogP contribution in [-0.4, -0.2) is 5.97 Å². The van der Waals surface area contributed by atoms with E-state index in [1.54, 1.807) is 6.08 Å². The molecule has 0 saturated carbocycles. The average Bonchev–Trinajstić information content (AvgIpc) is 2.25. The molecule has 0 atom stereocenters. The Balaban J connectivity index is 3.05. The second kappa shape index (κ2) is 12.3. The van der Waals surface area contributed by atoms with Crippen molar-refractivity contribution in [1.29, 1.82) is 0 Å². The minimum absolute atomic E-state index is 0.263. The Kier molecular flexibility index (Phi) is 11.7. The molecule has 0 aromatic heterocycles. The maximum Gasteiger partial charge on any atom is 0.303 e. The molecule has 0 heterocycles. The maximum atomic E-state index is 10.4. The van der Waals surface area contributed by atoms with E-state index in [0.29, 0.717) is 0 Å². The van der Waals surface area contributed by atoms with Crippen LogP contribution in [0.1, 0.15) is 65.2 Å². The third kappa shape index (κ3) is 13.2. The van der Waals surface area contributed by atoms with Crippen molar-refractivity contribution >= 4 is 5.97 Å². The quantitative estimate of drug-likeness (QED) is 0.406. The lowest BCUT2D eigenvalue weighted by atomic mass is 10.1. The van der Waals surface area contributed by atoms with Crippen molar-refractivity contribution in [2.24, 2.45) is 0 Å². The van der Waals surface area contributed by atoms with Gasteiger partial charge >= 0.3 is 5.97 Å². The molecule has 0 aliphatic rings. The van der Waals surface area contributed by atoms with Gasteiger partial charge in [-0.2, -0.15) is 0 Å². The minimum Gasteiger partial charge on any atom is -0.454 e. The summed E-state index contributed by atoms with van der Waals surface area (Å²) in [4.78, 5) is 10.4. The van der Waals surface area contributed by atoms with Crippen molar-refractivity contribution in [3.8, 4) is 0 Å². The Morgan fingerprint density at radius 2 is 1.69 bits per heavy atom. The van der Waals surface area contributed by atoms with Gasteiger partial charge in [-0.05, 0) is 18.9 Å². The predicted octanol–water partition coefficient (Wildman–Crippen LogP) is 4.41. The lowest BCUT2D eigenvalue weighted by molar-refractivity contribution is -0.136.